The fourth-order valence-corrected chi connectivity index (χ4v) is 3.33. The average Bonchev–Trinajstić information content (AvgIpc) is 2.88. The van der Waals surface area contributed by atoms with E-state index in [0.29, 0.717) is 30.4 Å². The highest BCUT2D eigenvalue weighted by molar-refractivity contribution is 5.90. The van der Waals surface area contributed by atoms with Crippen molar-refractivity contribution < 1.29 is 4.79 Å². The minimum Gasteiger partial charge on any atom is -0.353 e. The molecule has 36 heavy (non-hydrogen) atoms. The van der Waals surface area contributed by atoms with Gasteiger partial charge in [0.25, 0.3) is 0 Å². The largest absolute Gasteiger partial charge is 0.353 e. The maximum Gasteiger partial charge on any atom is 0.212 e. The van der Waals surface area contributed by atoms with Crippen LogP contribution >= 0.6 is 0 Å². The van der Waals surface area contributed by atoms with Gasteiger partial charge in [0.05, 0.1) is 11.4 Å². The van der Waals surface area contributed by atoms with E-state index in [1.165, 1.54) is 11.8 Å². The van der Waals surface area contributed by atoms with E-state index in [1.54, 1.807) is 12.3 Å². The van der Waals surface area contributed by atoms with Gasteiger partial charge in [0.2, 0.25) is 6.41 Å². The number of amides is 1. The van der Waals surface area contributed by atoms with Crippen molar-refractivity contribution in [3.63, 3.8) is 0 Å². The first-order chi connectivity index (χ1) is 17.4. The molecule has 192 valence electrons. The van der Waals surface area contributed by atoms with Crippen molar-refractivity contribution in [3.8, 4) is 0 Å². The SMILES string of the molecule is CNC(C)c1ccccc1.Cc1cc(Nc2c(C=N)cc(NC=O)nc2CNCCN(C)C)ccn1. The molecular weight excluding hydrogens is 452 g/mol. The first-order valence-electron chi connectivity index (χ1n) is 11.9. The van der Waals surface area contributed by atoms with Gasteiger partial charge in [-0.05, 0) is 58.8 Å². The monoisotopic (exact) mass is 490 g/mol. The molecule has 0 aliphatic carbocycles. The minimum absolute atomic E-state index is 0.416. The van der Waals surface area contributed by atoms with E-state index in [4.69, 9.17) is 5.41 Å². The van der Waals surface area contributed by atoms with Crippen LogP contribution in [0.1, 0.15) is 35.5 Å². The van der Waals surface area contributed by atoms with Crippen LogP contribution in [-0.4, -0.2) is 61.7 Å². The Hall–Kier alpha value is -3.66. The summed E-state index contributed by atoms with van der Waals surface area (Å²) in [6.45, 7) is 6.27. The van der Waals surface area contributed by atoms with Gasteiger partial charge in [0.1, 0.15) is 5.82 Å². The van der Waals surface area contributed by atoms with Crippen molar-refractivity contribution in [3.05, 3.63) is 77.2 Å². The van der Waals surface area contributed by atoms with Crippen molar-refractivity contribution in [1.29, 1.82) is 5.41 Å². The lowest BCUT2D eigenvalue weighted by molar-refractivity contribution is -0.105. The summed E-state index contributed by atoms with van der Waals surface area (Å²) in [5, 5.41) is 20.2. The Morgan fingerprint density at radius 3 is 2.50 bits per heavy atom. The third-order valence-electron chi connectivity index (χ3n) is 5.41. The summed E-state index contributed by atoms with van der Waals surface area (Å²) in [6.07, 6.45) is 3.56. The Morgan fingerprint density at radius 1 is 1.14 bits per heavy atom. The Labute approximate surface area is 214 Å². The summed E-state index contributed by atoms with van der Waals surface area (Å²) in [7, 11) is 6.00. The number of hydrogen-bond acceptors (Lipinski definition) is 8. The van der Waals surface area contributed by atoms with Crippen molar-refractivity contribution in [1.82, 2.24) is 25.5 Å². The quantitative estimate of drug-likeness (QED) is 0.149. The molecule has 3 rings (SSSR count). The van der Waals surface area contributed by atoms with E-state index in [-0.39, 0.29) is 0 Å². The van der Waals surface area contributed by atoms with E-state index in [0.717, 1.165) is 35.9 Å². The van der Waals surface area contributed by atoms with Crippen LogP contribution in [0.3, 0.4) is 0 Å². The zero-order valence-electron chi connectivity index (χ0n) is 21.8. The van der Waals surface area contributed by atoms with Crippen LogP contribution in [0.4, 0.5) is 17.2 Å². The van der Waals surface area contributed by atoms with Crippen LogP contribution in [0.15, 0.2) is 54.7 Å². The Bertz CT molecular complexity index is 1090. The van der Waals surface area contributed by atoms with Gasteiger partial charge in [-0.1, -0.05) is 30.3 Å². The molecule has 5 N–H and O–H groups in total. The predicted octanol–water partition coefficient (Wildman–Crippen LogP) is 3.71. The van der Waals surface area contributed by atoms with Gasteiger partial charge in [-0.15, -0.1) is 0 Å². The third kappa shape index (κ3) is 9.53. The highest BCUT2D eigenvalue weighted by Gasteiger charge is 2.12. The maximum atomic E-state index is 10.8. The molecule has 0 radical (unpaired) electrons. The fourth-order valence-electron chi connectivity index (χ4n) is 3.33. The summed E-state index contributed by atoms with van der Waals surface area (Å²) < 4.78 is 0. The molecule has 3 aromatic rings. The molecule has 1 aromatic carbocycles. The molecule has 2 aromatic heterocycles. The van der Waals surface area contributed by atoms with Crippen LogP contribution in [0.25, 0.3) is 0 Å². The number of likely N-dealkylation sites (N-methyl/N-ethyl adjacent to an activating group) is 1. The predicted molar refractivity (Wildman–Crippen MR) is 148 cm³/mol. The highest BCUT2D eigenvalue weighted by Crippen LogP contribution is 2.26. The number of nitrogens with zero attached hydrogens (tertiary/aromatic N) is 3. The van der Waals surface area contributed by atoms with Crippen LogP contribution in [0.5, 0.6) is 0 Å². The second-order valence-electron chi connectivity index (χ2n) is 8.54. The summed E-state index contributed by atoms with van der Waals surface area (Å²) in [6, 6.07) is 16.3. The van der Waals surface area contributed by atoms with Gasteiger partial charge in [0.15, 0.2) is 0 Å². The number of carbonyl (C=O) groups is 1. The number of pyridine rings is 2. The highest BCUT2D eigenvalue weighted by atomic mass is 16.1. The lowest BCUT2D eigenvalue weighted by Crippen LogP contribution is -2.27. The van der Waals surface area contributed by atoms with Gasteiger partial charge in [0, 0.05) is 55.0 Å². The minimum atomic E-state index is 0.416. The summed E-state index contributed by atoms with van der Waals surface area (Å²) in [4.78, 5) is 21.6. The first-order valence-corrected chi connectivity index (χ1v) is 11.9. The topological polar surface area (TPSA) is 118 Å². The lowest BCUT2D eigenvalue weighted by Gasteiger charge is -2.17. The molecule has 0 aliphatic heterocycles. The molecule has 0 spiro atoms. The van der Waals surface area contributed by atoms with E-state index in [1.807, 2.05) is 46.3 Å². The molecule has 1 atom stereocenters. The van der Waals surface area contributed by atoms with E-state index in [2.05, 4.69) is 67.3 Å². The molecule has 0 saturated carbocycles. The second kappa shape index (κ2) is 15.4. The number of benzene rings is 1. The number of anilines is 3. The summed E-state index contributed by atoms with van der Waals surface area (Å²) in [5.41, 5.74) is 5.20. The van der Waals surface area contributed by atoms with Crippen molar-refractivity contribution in [2.75, 3.05) is 44.9 Å². The second-order valence-corrected chi connectivity index (χ2v) is 8.54. The van der Waals surface area contributed by atoms with E-state index >= 15 is 0 Å². The van der Waals surface area contributed by atoms with Crippen molar-refractivity contribution in [2.45, 2.75) is 26.4 Å². The molecule has 0 fully saturated rings. The number of nitrogens with one attached hydrogen (secondary N) is 5. The van der Waals surface area contributed by atoms with Crippen LogP contribution in [-0.2, 0) is 11.3 Å². The molecule has 1 unspecified atom stereocenters. The molecule has 1 amide bonds. The lowest BCUT2D eigenvalue weighted by atomic mass is 10.1. The Kier molecular flexibility index (Phi) is 12.2. The standard InChI is InChI=1S/C18H25N7O.C9H13N/c1-13-8-15(4-5-21-13)23-18-14(10-19)9-17(22-12-26)24-16(18)11-20-6-7-25(2)3;1-8(10-2)9-6-4-3-5-7-9/h4-5,8-10,12,19-20H,6-7,11H2,1-3H3,(H,21,23)(H,22,24,26);3-8,10H,1-2H3. The van der Waals surface area contributed by atoms with Gasteiger partial charge in [-0.3, -0.25) is 9.78 Å². The summed E-state index contributed by atoms with van der Waals surface area (Å²) >= 11 is 0. The number of carbonyl (C=O) groups excluding carboxylic acids is 1. The molecule has 0 bridgehead atoms. The zero-order chi connectivity index (χ0) is 26.3. The maximum absolute atomic E-state index is 10.8. The van der Waals surface area contributed by atoms with E-state index in [9.17, 15) is 4.79 Å². The van der Waals surface area contributed by atoms with Gasteiger partial charge >= 0.3 is 0 Å². The van der Waals surface area contributed by atoms with Crippen LogP contribution in [0, 0.1) is 12.3 Å². The van der Waals surface area contributed by atoms with Crippen molar-refractivity contribution >= 4 is 29.8 Å². The molecular formula is C27H38N8O. The molecule has 9 heteroatoms. The number of aromatic nitrogens is 2. The zero-order valence-corrected chi connectivity index (χ0v) is 21.8. The molecule has 9 nitrogen and oxygen atoms in total. The van der Waals surface area contributed by atoms with E-state index < -0.39 is 0 Å². The normalized spacial score (nSPS) is 11.3. The molecule has 0 saturated heterocycles. The van der Waals surface area contributed by atoms with Gasteiger partial charge < -0.3 is 31.6 Å². The molecule has 2 heterocycles. The number of rotatable bonds is 12. The Morgan fingerprint density at radius 2 is 1.89 bits per heavy atom. The van der Waals surface area contributed by atoms with Gasteiger partial charge in [-0.25, -0.2) is 4.98 Å². The average molecular weight is 491 g/mol. The van der Waals surface area contributed by atoms with Crippen LogP contribution in [0.2, 0.25) is 0 Å². The summed E-state index contributed by atoms with van der Waals surface area (Å²) in [5.74, 6) is 0.416. The third-order valence-corrected chi connectivity index (χ3v) is 5.41. The van der Waals surface area contributed by atoms with Gasteiger partial charge in [-0.2, -0.15) is 0 Å². The number of aryl methyl sites for hydroxylation is 1. The first kappa shape index (κ1) is 28.6. The number of hydrogen-bond donors (Lipinski definition) is 5. The Balaban J connectivity index is 0.000000380. The van der Waals surface area contributed by atoms with Crippen LogP contribution < -0.4 is 21.3 Å². The van der Waals surface area contributed by atoms with Crippen molar-refractivity contribution in [2.24, 2.45) is 0 Å². The fraction of sp³-hybridized carbons (Fsp3) is 0.333. The molecule has 0 aliphatic rings. The smallest absolute Gasteiger partial charge is 0.212 e.